The van der Waals surface area contributed by atoms with Crippen molar-refractivity contribution in [3.05, 3.63) is 93.8 Å². The maximum Gasteiger partial charge on any atom is 0.254 e. The first-order valence-corrected chi connectivity index (χ1v) is 13.8. The molecule has 5 aromatic rings. The SMILES string of the molecule is Cc1csc(CN(C(=O)c2cc(-c3ncco3)cc(-c3nnc([C@](C)(N)Cc4ccc(F)cc4)o3)c2)C2CC2)n1. The molecule has 0 radical (unpaired) electrons. The molecule has 0 bridgehead atoms. The van der Waals surface area contributed by atoms with Gasteiger partial charge in [-0.15, -0.1) is 21.5 Å². The summed E-state index contributed by atoms with van der Waals surface area (Å²) in [7, 11) is 0. The Labute approximate surface area is 233 Å². The number of benzene rings is 2. The van der Waals surface area contributed by atoms with Crippen LogP contribution >= 0.6 is 11.3 Å². The van der Waals surface area contributed by atoms with Crippen molar-refractivity contribution >= 4 is 17.2 Å². The minimum atomic E-state index is -1.00. The van der Waals surface area contributed by atoms with Gasteiger partial charge in [-0.3, -0.25) is 4.79 Å². The quantitative estimate of drug-likeness (QED) is 0.251. The summed E-state index contributed by atoms with van der Waals surface area (Å²) in [6, 6.07) is 11.6. The van der Waals surface area contributed by atoms with Gasteiger partial charge in [0.1, 0.15) is 17.1 Å². The van der Waals surface area contributed by atoms with Crippen LogP contribution in [-0.4, -0.2) is 37.0 Å². The van der Waals surface area contributed by atoms with Gasteiger partial charge < -0.3 is 19.5 Å². The van der Waals surface area contributed by atoms with Gasteiger partial charge in [-0.2, -0.15) is 0 Å². The van der Waals surface area contributed by atoms with Crippen LogP contribution in [0.1, 0.15) is 52.3 Å². The van der Waals surface area contributed by atoms with Gasteiger partial charge in [0, 0.05) is 33.8 Å². The van der Waals surface area contributed by atoms with E-state index in [1.54, 1.807) is 54.8 Å². The summed E-state index contributed by atoms with van der Waals surface area (Å²) in [5, 5.41) is 11.4. The van der Waals surface area contributed by atoms with E-state index in [1.165, 1.54) is 18.4 Å². The van der Waals surface area contributed by atoms with E-state index in [-0.39, 0.29) is 29.5 Å². The number of hydrogen-bond acceptors (Lipinski definition) is 9. The number of hydrogen-bond donors (Lipinski definition) is 1. The Morgan fingerprint density at radius 3 is 2.55 bits per heavy atom. The minimum Gasteiger partial charge on any atom is -0.445 e. The number of amides is 1. The Hall–Kier alpha value is -4.22. The second-order valence-electron chi connectivity index (χ2n) is 10.3. The maximum absolute atomic E-state index is 13.9. The highest BCUT2D eigenvalue weighted by molar-refractivity contribution is 7.09. The van der Waals surface area contributed by atoms with Crippen molar-refractivity contribution in [2.75, 3.05) is 0 Å². The molecule has 204 valence electrons. The lowest BCUT2D eigenvalue weighted by molar-refractivity contribution is 0.0729. The van der Waals surface area contributed by atoms with Gasteiger partial charge in [0.15, 0.2) is 0 Å². The molecule has 11 heteroatoms. The molecular formula is C29H27FN6O3S. The lowest BCUT2D eigenvalue weighted by atomic mass is 9.94. The van der Waals surface area contributed by atoms with Crippen LogP contribution in [0.3, 0.4) is 0 Å². The normalized spacial score (nSPS) is 14.7. The molecule has 2 aromatic carbocycles. The van der Waals surface area contributed by atoms with Crippen molar-refractivity contribution in [2.45, 2.75) is 51.2 Å². The number of carbonyl (C=O) groups excluding carboxylic acids is 1. The van der Waals surface area contributed by atoms with E-state index in [4.69, 9.17) is 14.6 Å². The molecule has 2 N–H and O–H groups in total. The molecule has 1 aliphatic rings. The fraction of sp³-hybridized carbons (Fsp3) is 0.276. The zero-order chi connectivity index (χ0) is 27.9. The van der Waals surface area contributed by atoms with Gasteiger partial charge in [0.25, 0.3) is 5.91 Å². The number of nitrogens with zero attached hydrogens (tertiary/aromatic N) is 5. The fourth-order valence-corrected chi connectivity index (χ4v) is 5.35. The number of oxazole rings is 1. The molecule has 1 saturated carbocycles. The van der Waals surface area contributed by atoms with E-state index < -0.39 is 5.54 Å². The molecule has 3 aromatic heterocycles. The number of aryl methyl sites for hydroxylation is 1. The lowest BCUT2D eigenvalue weighted by Gasteiger charge is -2.22. The third kappa shape index (κ3) is 5.56. The number of thiazole rings is 1. The number of halogens is 1. The number of carbonyl (C=O) groups is 1. The molecule has 0 unspecified atom stereocenters. The van der Waals surface area contributed by atoms with Crippen LogP contribution in [0, 0.1) is 12.7 Å². The number of nitrogens with two attached hydrogens (primary N) is 1. The third-order valence-electron chi connectivity index (χ3n) is 6.73. The summed E-state index contributed by atoms with van der Waals surface area (Å²) in [5.41, 5.74) is 8.92. The average Bonchev–Trinajstić information content (AvgIpc) is 3.31. The summed E-state index contributed by atoms with van der Waals surface area (Å²) in [4.78, 5) is 24.6. The fourth-order valence-electron chi connectivity index (χ4n) is 4.58. The minimum absolute atomic E-state index is 0.121. The van der Waals surface area contributed by atoms with Crippen LogP contribution in [0.4, 0.5) is 4.39 Å². The molecule has 0 spiro atoms. The topological polar surface area (TPSA) is 124 Å². The second kappa shape index (κ2) is 10.4. The van der Waals surface area contributed by atoms with E-state index in [0.717, 1.165) is 29.1 Å². The van der Waals surface area contributed by atoms with E-state index in [9.17, 15) is 9.18 Å². The molecule has 0 saturated heterocycles. The summed E-state index contributed by atoms with van der Waals surface area (Å²) in [5.74, 6) is 0.358. The highest BCUT2D eigenvalue weighted by Crippen LogP contribution is 2.34. The first kappa shape index (κ1) is 26.0. The smallest absolute Gasteiger partial charge is 0.254 e. The molecule has 1 fully saturated rings. The molecular weight excluding hydrogens is 531 g/mol. The second-order valence-corrected chi connectivity index (χ2v) is 11.3. The van der Waals surface area contributed by atoms with Crippen LogP contribution < -0.4 is 5.73 Å². The predicted molar refractivity (Wildman–Crippen MR) is 147 cm³/mol. The summed E-state index contributed by atoms with van der Waals surface area (Å²) < 4.78 is 24.9. The Bertz CT molecular complexity index is 1640. The van der Waals surface area contributed by atoms with Crippen molar-refractivity contribution in [1.82, 2.24) is 25.1 Å². The molecule has 1 amide bonds. The van der Waals surface area contributed by atoms with Crippen LogP contribution in [0.5, 0.6) is 0 Å². The van der Waals surface area contributed by atoms with Crippen molar-refractivity contribution in [1.29, 1.82) is 0 Å². The van der Waals surface area contributed by atoms with Gasteiger partial charge in [0.2, 0.25) is 17.7 Å². The molecule has 40 heavy (non-hydrogen) atoms. The van der Waals surface area contributed by atoms with Crippen LogP contribution in [0.15, 0.2) is 69.1 Å². The summed E-state index contributed by atoms with van der Waals surface area (Å²) in [6.07, 6.45) is 5.30. The van der Waals surface area contributed by atoms with Crippen molar-refractivity contribution in [3.63, 3.8) is 0 Å². The van der Waals surface area contributed by atoms with E-state index in [2.05, 4.69) is 20.2 Å². The largest absolute Gasteiger partial charge is 0.445 e. The zero-order valence-electron chi connectivity index (χ0n) is 22.0. The average molecular weight is 559 g/mol. The first-order chi connectivity index (χ1) is 19.2. The van der Waals surface area contributed by atoms with E-state index >= 15 is 0 Å². The molecule has 9 nitrogen and oxygen atoms in total. The maximum atomic E-state index is 13.9. The van der Waals surface area contributed by atoms with Gasteiger partial charge in [-0.1, -0.05) is 12.1 Å². The Balaban J connectivity index is 1.33. The molecule has 6 rings (SSSR count). The molecule has 0 aliphatic heterocycles. The van der Waals surface area contributed by atoms with E-state index in [1.807, 2.05) is 17.2 Å². The van der Waals surface area contributed by atoms with Gasteiger partial charge in [-0.05, 0) is 69.0 Å². The first-order valence-electron chi connectivity index (χ1n) is 12.9. The van der Waals surface area contributed by atoms with Gasteiger partial charge >= 0.3 is 0 Å². The lowest BCUT2D eigenvalue weighted by Crippen LogP contribution is -2.35. The standard InChI is InChI=1S/C29H27FN6O3S/c1-17-16-40-24(33-17)15-36(23-7-8-23)27(37)21-12-19(25-32-9-10-38-25)11-20(13-21)26-34-35-28(39-26)29(2,31)14-18-3-5-22(30)6-4-18/h3-6,9-13,16,23H,7-8,14-15,31H2,1-2H3/t29-/m1/s1. The van der Waals surface area contributed by atoms with Crippen molar-refractivity contribution in [3.8, 4) is 22.9 Å². The summed E-state index contributed by atoms with van der Waals surface area (Å²) in [6.45, 7) is 4.17. The number of aromatic nitrogens is 4. The van der Waals surface area contributed by atoms with Crippen molar-refractivity contribution < 1.29 is 18.0 Å². The number of rotatable bonds is 9. The molecule has 1 atom stereocenters. The van der Waals surface area contributed by atoms with E-state index in [0.29, 0.717) is 35.5 Å². The summed E-state index contributed by atoms with van der Waals surface area (Å²) >= 11 is 1.55. The van der Waals surface area contributed by atoms with Crippen molar-refractivity contribution in [2.24, 2.45) is 5.73 Å². The highest BCUT2D eigenvalue weighted by Gasteiger charge is 2.34. The van der Waals surface area contributed by atoms with Gasteiger partial charge in [0.05, 0.1) is 18.3 Å². The third-order valence-corrected chi connectivity index (χ3v) is 7.68. The highest BCUT2D eigenvalue weighted by atomic mass is 32.1. The molecule has 3 heterocycles. The Morgan fingerprint density at radius 2 is 1.90 bits per heavy atom. The Kier molecular flexibility index (Phi) is 6.77. The van der Waals surface area contributed by atoms with Gasteiger partial charge in [-0.25, -0.2) is 14.4 Å². The van der Waals surface area contributed by atoms with Crippen LogP contribution in [0.2, 0.25) is 0 Å². The van der Waals surface area contributed by atoms with Crippen LogP contribution in [-0.2, 0) is 18.5 Å². The Morgan fingerprint density at radius 1 is 1.15 bits per heavy atom. The van der Waals surface area contributed by atoms with Crippen LogP contribution in [0.25, 0.3) is 22.9 Å². The molecule has 1 aliphatic carbocycles. The zero-order valence-corrected chi connectivity index (χ0v) is 22.8. The monoisotopic (exact) mass is 558 g/mol. The predicted octanol–water partition coefficient (Wildman–Crippen LogP) is 5.52.